The number of rotatable bonds is 27. The number of ketones is 4. The zero-order chi connectivity index (χ0) is 79.5. The predicted molar refractivity (Wildman–Crippen MR) is 448 cm³/mol. The first-order valence-electron chi connectivity index (χ1n) is 41.0. The third-order valence-electron chi connectivity index (χ3n) is 21.2. The van der Waals surface area contributed by atoms with E-state index < -0.39 is 12.0 Å². The summed E-state index contributed by atoms with van der Waals surface area (Å²) in [4.78, 5) is 59.8. The molecule has 10 N–H and O–H groups in total. The Hall–Kier alpha value is -8.98. The summed E-state index contributed by atoms with van der Waals surface area (Å²) in [7, 11) is 0. The maximum absolute atomic E-state index is 12.7. The van der Waals surface area contributed by atoms with Gasteiger partial charge in [0.05, 0.1) is 50.8 Å². The quantitative estimate of drug-likeness (QED) is 0.00321. The molecule has 5 saturated carbocycles. The number of nitrogens with one attached hydrogen (secondary N) is 2. The van der Waals surface area contributed by atoms with E-state index in [-0.39, 0.29) is 49.5 Å². The first-order chi connectivity index (χ1) is 54.3. The van der Waals surface area contributed by atoms with E-state index in [1.807, 2.05) is 84.9 Å². The molecule has 6 aromatic rings. The first kappa shape index (κ1) is 93.6. The average molecular weight is 1540 g/mol. The molecule has 112 heavy (non-hydrogen) atoms. The number of carbonyl (C=O) groups excluding carboxylic acids is 5. The van der Waals surface area contributed by atoms with Crippen LogP contribution in [0.15, 0.2) is 176 Å². The van der Waals surface area contributed by atoms with E-state index in [0.29, 0.717) is 82.7 Å². The lowest BCUT2D eigenvalue weighted by atomic mass is 9.90. The number of hydrogen-bond acceptors (Lipinski definition) is 18. The number of benzene rings is 6. The number of carbonyl (C=O) groups is 5. The Morgan fingerprint density at radius 1 is 0.518 bits per heavy atom. The van der Waals surface area contributed by atoms with Gasteiger partial charge in [-0.15, -0.1) is 6.58 Å². The molecule has 1 unspecified atom stereocenters. The number of nitrogens with two attached hydrogens (primary N) is 2. The van der Waals surface area contributed by atoms with E-state index in [2.05, 4.69) is 18.3 Å². The van der Waals surface area contributed by atoms with Crippen LogP contribution in [0.3, 0.4) is 0 Å². The van der Waals surface area contributed by atoms with Crippen LogP contribution in [-0.4, -0.2) is 110 Å². The molecule has 6 aromatic carbocycles. The zero-order valence-corrected chi connectivity index (χ0v) is 66.6. The van der Waals surface area contributed by atoms with Crippen LogP contribution in [0.25, 0.3) is 0 Å². The number of fused-ring (bicyclic) bond motifs is 1. The number of Topliss-reactive ketones (excluding diaryl/α,β-unsaturated/α-hetero) is 3. The smallest absolute Gasteiger partial charge is 0.185 e. The Morgan fingerprint density at radius 3 is 1.24 bits per heavy atom. The lowest BCUT2D eigenvalue weighted by Crippen LogP contribution is -2.17. The van der Waals surface area contributed by atoms with Gasteiger partial charge in [0.2, 0.25) is 0 Å². The molecular formula is C93H131N5O14. The number of allylic oxidation sites excluding steroid dienone is 1. The van der Waals surface area contributed by atoms with E-state index in [0.717, 1.165) is 85.8 Å². The second kappa shape index (κ2) is 56.3. The fraction of sp³-hybridized carbons (Fsp3) is 0.505. The Bertz CT molecular complexity index is 3660. The van der Waals surface area contributed by atoms with Gasteiger partial charge in [-0.2, -0.15) is 5.10 Å². The van der Waals surface area contributed by atoms with Crippen molar-refractivity contribution in [2.24, 2.45) is 52.2 Å². The predicted octanol–water partition coefficient (Wildman–Crippen LogP) is 20.1. The molecule has 13 rings (SSSR count). The molecule has 0 aromatic heterocycles. The molecule has 0 bridgehead atoms. The SMILES string of the molecule is C1CCOC1.C=CC(=O)c1cccc(OCC2CCCCC2)c1.C=CC(O)c1cccc(OCC2CCCCC2)c1.CCO.N=N.NCC/C(=N/N)c1cccc(OCC2CCCCC2)c1.O.O=C(CCC1C(=O)c2ccccc2C1=O)c1cccc(OCC2CCCCC2)c1.O=Cc1cccc(OCC2CCCCC2)c1.[HH]. The summed E-state index contributed by atoms with van der Waals surface area (Å²) < 4.78 is 34.2. The van der Waals surface area contributed by atoms with E-state index >= 15 is 0 Å². The number of aldehydes is 1. The van der Waals surface area contributed by atoms with Crippen LogP contribution < -0.4 is 35.3 Å². The summed E-state index contributed by atoms with van der Waals surface area (Å²) in [5, 5.41) is 21.1. The Balaban J connectivity index is 0.000000291. The van der Waals surface area contributed by atoms with Gasteiger partial charge >= 0.3 is 0 Å². The Morgan fingerprint density at radius 2 is 0.875 bits per heavy atom. The van der Waals surface area contributed by atoms with Gasteiger partial charge in [-0.25, -0.2) is 11.1 Å². The van der Waals surface area contributed by atoms with Crippen molar-refractivity contribution in [3.05, 3.63) is 210 Å². The van der Waals surface area contributed by atoms with Gasteiger partial charge in [0.1, 0.15) is 35.0 Å². The maximum Gasteiger partial charge on any atom is 0.185 e. The summed E-state index contributed by atoms with van der Waals surface area (Å²) >= 11 is 0. The number of ether oxygens (including phenoxy) is 6. The van der Waals surface area contributed by atoms with Gasteiger partial charge in [-0.05, 0) is 199 Å². The van der Waals surface area contributed by atoms with Gasteiger partial charge in [-0.3, -0.25) is 24.0 Å². The molecule has 6 fully saturated rings. The molecule has 6 aliphatic carbocycles. The third-order valence-corrected chi connectivity index (χ3v) is 21.2. The van der Waals surface area contributed by atoms with Crippen molar-refractivity contribution < 1.29 is 69.5 Å². The molecule has 1 heterocycles. The van der Waals surface area contributed by atoms with Gasteiger partial charge in [0.25, 0.3) is 0 Å². The van der Waals surface area contributed by atoms with E-state index in [1.165, 1.54) is 186 Å². The lowest BCUT2D eigenvalue weighted by molar-refractivity contribution is 0.0821. The number of aliphatic hydroxyl groups is 2. The minimum atomic E-state index is -0.734. The largest absolute Gasteiger partial charge is 0.493 e. The fourth-order valence-electron chi connectivity index (χ4n) is 14.8. The molecule has 1 atom stereocenters. The van der Waals surface area contributed by atoms with Crippen LogP contribution in [0.1, 0.15) is 270 Å². The van der Waals surface area contributed by atoms with Gasteiger partial charge in [-0.1, -0.05) is 194 Å². The van der Waals surface area contributed by atoms with Crippen molar-refractivity contribution >= 4 is 35.1 Å². The van der Waals surface area contributed by atoms with Crippen molar-refractivity contribution in [2.45, 2.75) is 206 Å². The number of nitrogens with zero attached hydrogens (tertiary/aromatic N) is 1. The van der Waals surface area contributed by atoms with Crippen molar-refractivity contribution in [1.29, 1.82) is 11.1 Å². The van der Waals surface area contributed by atoms with E-state index in [4.69, 9.17) is 56.2 Å². The van der Waals surface area contributed by atoms with Gasteiger partial charge in [0.15, 0.2) is 23.1 Å². The van der Waals surface area contributed by atoms with Crippen molar-refractivity contribution in [2.75, 3.05) is 59.4 Å². The highest BCUT2D eigenvalue weighted by Gasteiger charge is 2.38. The monoisotopic (exact) mass is 1540 g/mol. The van der Waals surface area contributed by atoms with Crippen LogP contribution in [-0.2, 0) is 4.74 Å². The molecule has 0 spiro atoms. The van der Waals surface area contributed by atoms with Crippen LogP contribution >= 0.6 is 0 Å². The molecule has 19 heteroatoms. The van der Waals surface area contributed by atoms with Gasteiger partial charge < -0.3 is 55.7 Å². The summed E-state index contributed by atoms with van der Waals surface area (Å²) in [5.41, 5.74) is 21.1. The first-order valence-corrected chi connectivity index (χ1v) is 41.0. The van der Waals surface area contributed by atoms with Gasteiger partial charge in [0, 0.05) is 67.5 Å². The average Bonchev–Trinajstić information content (AvgIpc) is 1.64. The fourth-order valence-corrected chi connectivity index (χ4v) is 14.8. The summed E-state index contributed by atoms with van der Waals surface area (Å²) in [5.74, 6) is 11.7. The standard InChI is InChI=1S/C25H26O4.C16H25N3O.C16H22O2.C16H20O2.C14H18O2.C4H8O.C2H6O.H2N2.H2O.H2/c26-23(14-13-22-24(27)20-11-4-5-12-21(20)25(22)28)18-9-6-10-19(15-18)29-16-17-7-2-1-3-8-17;17-10-9-16(19-18)14-7-4-8-15(11-14)20-12-13-5-2-1-3-6-13;2*1-2-16(17)14-9-6-10-15(11-14)18-12-13-7-4-3-5-8-13;15-10-13-7-4-8-14(9-13)16-11-12-5-2-1-3-6-12;1-2-4-5-3-1;1-2-3;1-2;;/h4-6,9-12,15,17,22H,1-3,7-8,13-14,16H2;4,7-8,11,13H,1-3,5-6,9-10,12,17-18H2;2,6,9-11,13,16-17H,1,3-5,7-8,12H2;2,6,9-11,13H,1,3-5,7-8,12H2;4,7-10,12H,1-3,5-6,11H2;1-4H2;3H,2H2,1H3;1-2H;1H2;1H/b;19-16-;;;;;;;;. The highest BCUT2D eigenvalue weighted by atomic mass is 16.5. The molecule has 19 nitrogen and oxygen atoms in total. The molecule has 612 valence electrons. The highest BCUT2D eigenvalue weighted by molar-refractivity contribution is 6.26. The number of hydrogen-bond donors (Lipinski definition) is 6. The molecule has 0 amide bonds. The zero-order valence-electron chi connectivity index (χ0n) is 66.6. The van der Waals surface area contributed by atoms with Crippen LogP contribution in [0, 0.1) is 46.6 Å². The second-order valence-electron chi connectivity index (χ2n) is 29.7. The highest BCUT2D eigenvalue weighted by Crippen LogP contribution is 2.33. The molecule has 1 saturated heterocycles. The Labute approximate surface area is 668 Å². The van der Waals surface area contributed by atoms with E-state index in [9.17, 15) is 29.1 Å². The third kappa shape index (κ3) is 35.0. The minimum absolute atomic E-state index is 0. The molecule has 7 aliphatic rings. The summed E-state index contributed by atoms with van der Waals surface area (Å²) in [6.45, 7) is 15.4. The van der Waals surface area contributed by atoms with E-state index in [1.54, 1.807) is 67.6 Å². The topological polar surface area (TPSA) is 325 Å². The normalized spacial score (nSPS) is 16.8. The van der Waals surface area contributed by atoms with Crippen molar-refractivity contribution in [3.8, 4) is 28.7 Å². The lowest BCUT2D eigenvalue weighted by Gasteiger charge is -2.21. The van der Waals surface area contributed by atoms with Crippen molar-refractivity contribution in [1.82, 2.24) is 0 Å². The van der Waals surface area contributed by atoms with Crippen LogP contribution in [0.4, 0.5) is 0 Å². The summed E-state index contributed by atoms with van der Waals surface area (Å²) in [6.07, 6.45) is 39.5. The van der Waals surface area contributed by atoms with Crippen LogP contribution in [0.2, 0.25) is 0 Å². The second-order valence-corrected chi connectivity index (χ2v) is 29.7. The Kier molecular flexibility index (Phi) is 47.0. The number of hydrazone groups is 1. The minimum Gasteiger partial charge on any atom is -0.493 e. The molecule has 0 radical (unpaired) electrons. The maximum atomic E-state index is 12.7. The van der Waals surface area contributed by atoms with Crippen LogP contribution in [0.5, 0.6) is 28.7 Å². The molecule has 1 aliphatic heterocycles. The summed E-state index contributed by atoms with van der Waals surface area (Å²) in [6, 6.07) is 44.5. The van der Waals surface area contributed by atoms with Crippen molar-refractivity contribution in [3.63, 3.8) is 0 Å². The number of aliphatic hydroxyl groups excluding tert-OH is 2. The molecular weight excluding hydrogens is 1410 g/mol.